The molecule has 13 aromatic rings. The second kappa shape index (κ2) is 23.5. The summed E-state index contributed by atoms with van der Waals surface area (Å²) in [5, 5.41) is 0. The van der Waals surface area contributed by atoms with E-state index in [9.17, 15) is 0 Å². The number of hydrogen-bond donors (Lipinski definition) is 0. The number of fused-ring (bicyclic) bond motifs is 27. The highest BCUT2D eigenvalue weighted by atomic mass is 15.2. The molecule has 5 aliphatic carbocycles. The molecule has 0 fully saturated rings. The van der Waals surface area contributed by atoms with Crippen LogP contribution in [0.15, 0.2) is 345 Å². The van der Waals surface area contributed by atoms with Crippen molar-refractivity contribution in [1.29, 1.82) is 0 Å². The van der Waals surface area contributed by atoms with Crippen LogP contribution < -0.4 is 31.1 Å². The van der Waals surface area contributed by atoms with Crippen LogP contribution in [-0.2, 0) is 0 Å². The van der Waals surface area contributed by atoms with Gasteiger partial charge in [-0.15, -0.1) is 6.42 Å². The van der Waals surface area contributed by atoms with E-state index in [4.69, 9.17) is 6.42 Å². The van der Waals surface area contributed by atoms with Crippen LogP contribution in [0.1, 0.15) is 30.9 Å². The normalized spacial score (nSPS) is 16.4. The minimum atomic E-state index is -0.251. The number of benzene rings is 13. The number of rotatable bonds is 6. The Labute approximate surface area is 591 Å². The molecule has 3 nitrogen and oxygen atoms in total. The molecule has 0 amide bonds. The Morgan fingerprint density at radius 1 is 0.416 bits per heavy atom. The summed E-state index contributed by atoms with van der Waals surface area (Å²) in [5.74, 6) is 2.92. The Morgan fingerprint density at radius 3 is 1.44 bits per heavy atom. The Bertz CT molecular complexity index is 5900. The quantitative estimate of drug-likeness (QED) is 0.121. The van der Waals surface area contributed by atoms with Crippen molar-refractivity contribution in [2.75, 3.05) is 14.7 Å². The van der Waals surface area contributed by atoms with Gasteiger partial charge in [-0.1, -0.05) is 291 Å². The summed E-state index contributed by atoms with van der Waals surface area (Å²) < 4.78 is 0. The summed E-state index contributed by atoms with van der Waals surface area (Å²) >= 11 is 0. The van der Waals surface area contributed by atoms with Crippen LogP contribution in [0.4, 0.5) is 45.5 Å². The largest absolute Gasteiger partial charge is 0.334 e. The molecular formula is C97H66BN3. The molecule has 0 saturated carbocycles. The van der Waals surface area contributed by atoms with Crippen LogP contribution in [0.3, 0.4) is 0 Å². The molecule has 0 bridgehead atoms. The van der Waals surface area contributed by atoms with Gasteiger partial charge >= 0.3 is 0 Å². The van der Waals surface area contributed by atoms with Gasteiger partial charge in [0.15, 0.2) is 0 Å². The van der Waals surface area contributed by atoms with Gasteiger partial charge in [-0.05, 0) is 202 Å². The highest BCUT2D eigenvalue weighted by Crippen LogP contribution is 2.59. The highest BCUT2D eigenvalue weighted by Gasteiger charge is 2.48. The highest BCUT2D eigenvalue weighted by molar-refractivity contribution is 7.00. The summed E-state index contributed by atoms with van der Waals surface area (Å²) in [5.41, 5.74) is 40.7. The molecule has 472 valence electrons. The maximum absolute atomic E-state index is 6.06. The number of para-hydroxylation sites is 2. The molecule has 2 unspecified atom stereocenters. The monoisotopic (exact) mass is 1280 g/mol. The van der Waals surface area contributed by atoms with Crippen LogP contribution in [0.25, 0.3) is 111 Å². The summed E-state index contributed by atoms with van der Waals surface area (Å²) in [7, 11) is 0. The van der Waals surface area contributed by atoms with E-state index in [0.29, 0.717) is 0 Å². The molecule has 0 N–H and O–H groups in total. The standard InChI is InChI=1S/C97H66BN3/c1-3-4-37-67-62(2)68-38-14-27-51-81(68)92-82(76-46-22-15-39-69(67)76)54-30-55-89(92)99(63-31-8-5-9-32-63)66-60-90-95-91(61-66)101(65-35-12-7-13-36-65)97-88(59-57-86-80-50-24-21-45-75(80)71-41-17-19-43-73(71)78-48-26-29-53-84(78)94(86)97)98(95)87-58-56-85-79-49-23-20-44-74(79)70-40-16-18-42-72(70)77-47-25-28-52-83(77)93(85)96(87)100(90)64-33-10-6-11-34-64/h1,4-35,37-38,40-61,65,69H,36,39H2,2H3/b37-4-,67-62-,74-70?,75-71?,77-72?,78-73?,85-79?,86-80?,93-83?,94-84?. The Hall–Kier alpha value is -12.7. The van der Waals surface area contributed by atoms with Crippen LogP contribution in [-0.4, -0.2) is 12.8 Å². The molecule has 7 aliphatic rings. The predicted molar refractivity (Wildman–Crippen MR) is 428 cm³/mol. The van der Waals surface area contributed by atoms with E-state index in [1.54, 1.807) is 0 Å². The second-order valence-corrected chi connectivity index (χ2v) is 27.4. The molecule has 101 heavy (non-hydrogen) atoms. The zero-order valence-electron chi connectivity index (χ0n) is 55.9. The van der Waals surface area contributed by atoms with Crippen LogP contribution in [0.2, 0.25) is 0 Å². The summed E-state index contributed by atoms with van der Waals surface area (Å²) in [6.07, 6.45) is 28.0. The smallest absolute Gasteiger partial charge is 0.252 e. The van der Waals surface area contributed by atoms with Gasteiger partial charge in [-0.25, -0.2) is 0 Å². The maximum Gasteiger partial charge on any atom is 0.252 e. The SMILES string of the molecule is C#C/C=C\C1=C(/C)c2ccccc2-c2c(cccc2N(c2ccccc2)c2cc3c4c(c2)N(C2C=CC=CC2)c2c(ccc5c2-c2ccccc2-c2ccccc2-c2ccccc2-5)B4c2ccc4c(c2N3c2ccccc2)-c2ccccc2-c2ccccc2-c2ccccc2-4)C2=CC=CCC21. The second-order valence-electron chi connectivity index (χ2n) is 27.4. The van der Waals surface area contributed by atoms with Crippen molar-refractivity contribution in [3.63, 3.8) is 0 Å². The molecule has 0 aromatic heterocycles. The van der Waals surface area contributed by atoms with Crippen LogP contribution >= 0.6 is 0 Å². The van der Waals surface area contributed by atoms with Gasteiger partial charge in [0.2, 0.25) is 0 Å². The first-order valence-corrected chi connectivity index (χ1v) is 35.4. The lowest BCUT2D eigenvalue weighted by Gasteiger charge is -2.48. The lowest BCUT2D eigenvalue weighted by atomic mass is 9.33. The zero-order chi connectivity index (χ0) is 66.8. The van der Waals surface area contributed by atoms with Crippen molar-refractivity contribution < 1.29 is 0 Å². The molecule has 13 aromatic carbocycles. The van der Waals surface area contributed by atoms with Gasteiger partial charge in [0, 0.05) is 56.7 Å². The molecule has 0 spiro atoms. The Kier molecular flexibility index (Phi) is 13.6. The Morgan fingerprint density at radius 2 is 0.881 bits per heavy atom. The third-order valence-electron chi connectivity index (χ3n) is 22.4. The zero-order valence-corrected chi connectivity index (χ0v) is 55.9. The van der Waals surface area contributed by atoms with E-state index >= 15 is 0 Å². The van der Waals surface area contributed by atoms with Crippen molar-refractivity contribution in [3.8, 4) is 112 Å². The molecule has 20 rings (SSSR count). The molecular weight excluding hydrogens is 1220 g/mol. The van der Waals surface area contributed by atoms with E-state index in [2.05, 4.69) is 361 Å². The molecule has 0 radical (unpaired) electrons. The molecule has 2 atom stereocenters. The Balaban J connectivity index is 0.964. The van der Waals surface area contributed by atoms with Crippen molar-refractivity contribution in [2.45, 2.75) is 25.8 Å². The molecule has 2 aliphatic heterocycles. The first-order valence-electron chi connectivity index (χ1n) is 35.4. The van der Waals surface area contributed by atoms with Crippen LogP contribution in [0.5, 0.6) is 0 Å². The van der Waals surface area contributed by atoms with Gasteiger partial charge in [-0.2, -0.15) is 0 Å². The van der Waals surface area contributed by atoms with E-state index in [0.717, 1.165) is 41.3 Å². The number of nitrogens with zero attached hydrogens (tertiary/aromatic N) is 3. The minimum absolute atomic E-state index is 0.0722. The maximum atomic E-state index is 6.06. The molecule has 0 saturated heterocycles. The van der Waals surface area contributed by atoms with E-state index in [-0.39, 0.29) is 18.7 Å². The fourth-order valence-electron chi connectivity index (χ4n) is 18.2. The van der Waals surface area contributed by atoms with Crippen molar-refractivity contribution in [1.82, 2.24) is 0 Å². The number of terminal acetylenes is 1. The minimum Gasteiger partial charge on any atom is -0.334 e. The average molecular weight is 1280 g/mol. The van der Waals surface area contributed by atoms with Gasteiger partial charge in [0.05, 0.1) is 17.4 Å². The van der Waals surface area contributed by atoms with Gasteiger partial charge in [0.1, 0.15) is 0 Å². The molecule has 2 heterocycles. The summed E-state index contributed by atoms with van der Waals surface area (Å²) in [6.45, 7) is 2.05. The third kappa shape index (κ3) is 8.90. The third-order valence-corrected chi connectivity index (χ3v) is 22.4. The van der Waals surface area contributed by atoms with Crippen LogP contribution in [0, 0.1) is 18.3 Å². The summed E-state index contributed by atoms with van der Waals surface area (Å²) in [6, 6.07) is 108. The van der Waals surface area contributed by atoms with E-state index in [1.807, 2.05) is 6.08 Å². The fraction of sp³-hybridized carbons (Fsp3) is 0.0515. The fourth-order valence-corrected chi connectivity index (χ4v) is 18.2. The summed E-state index contributed by atoms with van der Waals surface area (Å²) in [4.78, 5) is 8.06. The first kappa shape index (κ1) is 58.5. The predicted octanol–water partition coefficient (Wildman–Crippen LogP) is 23.4. The van der Waals surface area contributed by atoms with Gasteiger partial charge < -0.3 is 14.7 Å². The first-order chi connectivity index (χ1) is 50.1. The van der Waals surface area contributed by atoms with Gasteiger partial charge in [-0.3, -0.25) is 0 Å². The number of allylic oxidation sites excluding steroid dienone is 10. The number of anilines is 8. The van der Waals surface area contributed by atoms with E-state index < -0.39 is 0 Å². The van der Waals surface area contributed by atoms with Crippen molar-refractivity contribution in [3.05, 3.63) is 357 Å². The lowest BCUT2D eigenvalue weighted by molar-refractivity contribution is 0.787. The van der Waals surface area contributed by atoms with E-state index in [1.165, 1.54) is 161 Å². The van der Waals surface area contributed by atoms with Crippen molar-refractivity contribution in [2.24, 2.45) is 5.92 Å². The average Bonchev–Trinajstić information content (AvgIpc) is 0.689. The molecule has 4 heteroatoms. The topological polar surface area (TPSA) is 9.72 Å². The van der Waals surface area contributed by atoms with Crippen molar-refractivity contribution >= 4 is 79.7 Å². The lowest BCUT2D eigenvalue weighted by Crippen LogP contribution is -2.63. The van der Waals surface area contributed by atoms with Gasteiger partial charge in [0.25, 0.3) is 6.71 Å². The number of hydrogen-bond acceptors (Lipinski definition) is 3.